The van der Waals surface area contributed by atoms with E-state index in [-0.39, 0.29) is 12.1 Å². The standard InChI is InChI=1S/C13H16F3NOS/c14-13(15,16)10-3-1-9(2-4-10)7-11(17)12-8-19-6-5-18-12/h1-4,11-12H,5-8,17H2. The Morgan fingerprint density at radius 1 is 1.32 bits per heavy atom. The number of rotatable bonds is 3. The van der Waals surface area contributed by atoms with Gasteiger partial charge in [-0.05, 0) is 24.1 Å². The summed E-state index contributed by atoms with van der Waals surface area (Å²) in [6.45, 7) is 0.691. The summed E-state index contributed by atoms with van der Waals surface area (Å²) in [7, 11) is 0. The van der Waals surface area contributed by atoms with Gasteiger partial charge in [-0.3, -0.25) is 0 Å². The second-order valence-corrected chi connectivity index (χ2v) is 5.70. The quantitative estimate of drug-likeness (QED) is 0.930. The molecule has 6 heteroatoms. The van der Waals surface area contributed by atoms with Crippen molar-refractivity contribution in [3.05, 3.63) is 35.4 Å². The van der Waals surface area contributed by atoms with Crippen molar-refractivity contribution < 1.29 is 17.9 Å². The van der Waals surface area contributed by atoms with Gasteiger partial charge in [0, 0.05) is 17.5 Å². The molecule has 0 saturated carbocycles. The molecule has 0 aliphatic carbocycles. The second kappa shape index (κ2) is 6.15. The minimum absolute atomic E-state index is 0.0129. The molecule has 2 rings (SSSR count). The van der Waals surface area contributed by atoms with Crippen molar-refractivity contribution in [3.8, 4) is 0 Å². The molecule has 0 amide bonds. The van der Waals surface area contributed by atoms with Gasteiger partial charge in [0.1, 0.15) is 0 Å². The maximum atomic E-state index is 12.4. The molecular weight excluding hydrogens is 275 g/mol. The largest absolute Gasteiger partial charge is 0.416 e. The first-order valence-electron chi connectivity index (χ1n) is 6.08. The number of hydrogen-bond acceptors (Lipinski definition) is 3. The predicted octanol–water partition coefficient (Wildman–Crippen LogP) is 2.71. The Morgan fingerprint density at radius 2 is 2.00 bits per heavy atom. The van der Waals surface area contributed by atoms with Crippen molar-refractivity contribution in [2.75, 3.05) is 18.1 Å². The van der Waals surface area contributed by atoms with Gasteiger partial charge in [0.2, 0.25) is 0 Å². The van der Waals surface area contributed by atoms with E-state index in [0.29, 0.717) is 13.0 Å². The predicted molar refractivity (Wildman–Crippen MR) is 70.2 cm³/mol. The fourth-order valence-electron chi connectivity index (χ4n) is 1.99. The Labute approximate surface area is 114 Å². The van der Waals surface area contributed by atoms with Crippen LogP contribution in [0, 0.1) is 0 Å². The van der Waals surface area contributed by atoms with E-state index in [0.717, 1.165) is 29.2 Å². The highest BCUT2D eigenvalue weighted by atomic mass is 32.2. The van der Waals surface area contributed by atoms with Crippen LogP contribution in [0.5, 0.6) is 0 Å². The van der Waals surface area contributed by atoms with Crippen molar-refractivity contribution >= 4 is 11.8 Å². The summed E-state index contributed by atoms with van der Waals surface area (Å²) < 4.78 is 42.8. The monoisotopic (exact) mass is 291 g/mol. The van der Waals surface area contributed by atoms with E-state index in [1.807, 2.05) is 0 Å². The van der Waals surface area contributed by atoms with Crippen LogP contribution in [0.2, 0.25) is 0 Å². The van der Waals surface area contributed by atoms with Gasteiger partial charge < -0.3 is 10.5 Å². The van der Waals surface area contributed by atoms with E-state index in [4.69, 9.17) is 10.5 Å². The Bertz CT molecular complexity index is 401. The molecule has 2 atom stereocenters. The molecule has 19 heavy (non-hydrogen) atoms. The number of ether oxygens (including phenoxy) is 1. The fourth-order valence-corrected chi connectivity index (χ4v) is 2.94. The van der Waals surface area contributed by atoms with Crippen LogP contribution in [0.15, 0.2) is 24.3 Å². The molecule has 1 saturated heterocycles. The Balaban J connectivity index is 1.95. The van der Waals surface area contributed by atoms with E-state index in [1.54, 1.807) is 11.8 Å². The smallest absolute Gasteiger partial charge is 0.375 e. The second-order valence-electron chi connectivity index (χ2n) is 4.55. The van der Waals surface area contributed by atoms with Gasteiger partial charge in [0.15, 0.2) is 0 Å². The average molecular weight is 291 g/mol. The van der Waals surface area contributed by atoms with Crippen molar-refractivity contribution in [2.45, 2.75) is 24.7 Å². The Morgan fingerprint density at radius 3 is 2.53 bits per heavy atom. The van der Waals surface area contributed by atoms with Crippen molar-refractivity contribution in [1.29, 1.82) is 0 Å². The highest BCUT2D eigenvalue weighted by Crippen LogP contribution is 2.29. The highest BCUT2D eigenvalue weighted by Gasteiger charge is 2.30. The van der Waals surface area contributed by atoms with E-state index in [2.05, 4.69) is 0 Å². The molecule has 106 valence electrons. The summed E-state index contributed by atoms with van der Waals surface area (Å²) in [5.41, 5.74) is 6.22. The van der Waals surface area contributed by atoms with Crippen molar-refractivity contribution in [1.82, 2.24) is 0 Å². The molecule has 2 nitrogen and oxygen atoms in total. The number of hydrogen-bond donors (Lipinski definition) is 1. The first kappa shape index (κ1) is 14.7. The number of thioether (sulfide) groups is 1. The lowest BCUT2D eigenvalue weighted by Gasteiger charge is -2.27. The van der Waals surface area contributed by atoms with Gasteiger partial charge in [-0.1, -0.05) is 12.1 Å². The number of nitrogens with two attached hydrogens (primary N) is 1. The molecule has 2 N–H and O–H groups in total. The first-order chi connectivity index (χ1) is 8.97. The van der Waals surface area contributed by atoms with Crippen LogP contribution in [-0.4, -0.2) is 30.3 Å². The molecule has 1 aliphatic rings. The molecule has 0 radical (unpaired) electrons. The molecule has 1 heterocycles. The van der Waals surface area contributed by atoms with Crippen LogP contribution >= 0.6 is 11.8 Å². The summed E-state index contributed by atoms with van der Waals surface area (Å²) in [6, 6.07) is 4.98. The van der Waals surface area contributed by atoms with Crippen LogP contribution in [-0.2, 0) is 17.3 Å². The molecule has 0 aromatic heterocycles. The van der Waals surface area contributed by atoms with Crippen molar-refractivity contribution in [3.63, 3.8) is 0 Å². The molecular formula is C13H16F3NOS. The summed E-state index contributed by atoms with van der Waals surface area (Å²) in [4.78, 5) is 0. The van der Waals surface area contributed by atoms with E-state index in [9.17, 15) is 13.2 Å². The molecule has 2 unspecified atom stereocenters. The first-order valence-corrected chi connectivity index (χ1v) is 7.23. The van der Waals surface area contributed by atoms with Crippen molar-refractivity contribution in [2.24, 2.45) is 5.73 Å². The Kier molecular flexibility index (Phi) is 4.76. The zero-order valence-corrected chi connectivity index (χ0v) is 11.1. The average Bonchev–Trinajstić information content (AvgIpc) is 2.39. The van der Waals surface area contributed by atoms with Gasteiger partial charge in [-0.15, -0.1) is 0 Å². The normalized spacial score (nSPS) is 22.2. The topological polar surface area (TPSA) is 35.2 Å². The third-order valence-electron chi connectivity index (χ3n) is 3.07. The zero-order valence-electron chi connectivity index (χ0n) is 10.3. The van der Waals surface area contributed by atoms with Gasteiger partial charge in [0.25, 0.3) is 0 Å². The molecule has 1 fully saturated rings. The SMILES string of the molecule is NC(Cc1ccc(C(F)(F)F)cc1)C1CSCCO1. The van der Waals surface area contributed by atoms with E-state index < -0.39 is 11.7 Å². The Hall–Kier alpha value is -0.720. The number of alkyl halides is 3. The van der Waals surface area contributed by atoms with E-state index >= 15 is 0 Å². The zero-order chi connectivity index (χ0) is 13.9. The maximum absolute atomic E-state index is 12.4. The molecule has 1 aromatic rings. The summed E-state index contributed by atoms with van der Waals surface area (Å²) >= 11 is 1.79. The fraction of sp³-hybridized carbons (Fsp3) is 0.538. The third-order valence-corrected chi connectivity index (χ3v) is 4.09. The van der Waals surface area contributed by atoms with Gasteiger partial charge in [-0.25, -0.2) is 0 Å². The van der Waals surface area contributed by atoms with Crippen LogP contribution in [0.25, 0.3) is 0 Å². The lowest BCUT2D eigenvalue weighted by molar-refractivity contribution is -0.137. The van der Waals surface area contributed by atoms with Crippen LogP contribution < -0.4 is 5.73 Å². The maximum Gasteiger partial charge on any atom is 0.416 e. The van der Waals surface area contributed by atoms with Gasteiger partial charge in [-0.2, -0.15) is 24.9 Å². The van der Waals surface area contributed by atoms with Crippen LogP contribution in [0.4, 0.5) is 13.2 Å². The van der Waals surface area contributed by atoms with Crippen LogP contribution in [0.1, 0.15) is 11.1 Å². The van der Waals surface area contributed by atoms with Gasteiger partial charge in [0.05, 0.1) is 18.3 Å². The lowest BCUT2D eigenvalue weighted by Crippen LogP contribution is -2.42. The molecule has 1 aromatic carbocycles. The van der Waals surface area contributed by atoms with Crippen LogP contribution in [0.3, 0.4) is 0 Å². The highest BCUT2D eigenvalue weighted by molar-refractivity contribution is 7.99. The van der Waals surface area contributed by atoms with Gasteiger partial charge >= 0.3 is 6.18 Å². The number of halogens is 3. The molecule has 0 spiro atoms. The third kappa shape index (κ3) is 4.12. The minimum Gasteiger partial charge on any atom is -0.375 e. The number of benzene rings is 1. The summed E-state index contributed by atoms with van der Waals surface area (Å²) in [6.07, 6.45) is -3.77. The van der Waals surface area contributed by atoms with E-state index in [1.165, 1.54) is 12.1 Å². The molecule has 1 aliphatic heterocycles. The summed E-state index contributed by atoms with van der Waals surface area (Å²) in [5.74, 6) is 1.82. The lowest BCUT2D eigenvalue weighted by atomic mass is 10.0. The minimum atomic E-state index is -4.29. The summed E-state index contributed by atoms with van der Waals surface area (Å²) in [5, 5.41) is 0. The molecule has 0 bridgehead atoms.